The zero-order valence-corrected chi connectivity index (χ0v) is 18.1. The van der Waals surface area contributed by atoms with Crippen molar-refractivity contribution in [2.75, 3.05) is 0 Å². The quantitative estimate of drug-likeness (QED) is 0.310. The van der Waals surface area contributed by atoms with Gasteiger partial charge in [-0.15, -0.1) is 0 Å². The van der Waals surface area contributed by atoms with E-state index >= 15 is 0 Å². The lowest BCUT2D eigenvalue weighted by Gasteiger charge is -2.22. The van der Waals surface area contributed by atoms with Crippen molar-refractivity contribution in [1.29, 1.82) is 0 Å². The van der Waals surface area contributed by atoms with Gasteiger partial charge in [0.05, 0.1) is 0 Å². The van der Waals surface area contributed by atoms with E-state index in [2.05, 4.69) is 53.3 Å². The number of phenolic OH excluding ortho intramolecular Hbond substituents is 1. The minimum atomic E-state index is -0.00345. The van der Waals surface area contributed by atoms with Gasteiger partial charge >= 0.3 is 0 Å². The molecule has 1 aromatic carbocycles. The van der Waals surface area contributed by atoms with E-state index in [1.54, 1.807) is 0 Å². The Morgan fingerprint density at radius 2 is 1.56 bits per heavy atom. The summed E-state index contributed by atoms with van der Waals surface area (Å²) in [6.07, 6.45) is 12.7. The van der Waals surface area contributed by atoms with Crippen molar-refractivity contribution in [1.82, 2.24) is 0 Å². The van der Waals surface area contributed by atoms with E-state index in [9.17, 15) is 5.11 Å². The van der Waals surface area contributed by atoms with Crippen LogP contribution in [0.2, 0.25) is 0 Å². The zero-order valence-electron chi connectivity index (χ0n) is 17.2. The van der Waals surface area contributed by atoms with Crippen LogP contribution >= 0.6 is 12.6 Å². The molecule has 0 aliphatic rings. The normalized spacial score (nSPS) is 13.2. The standard InChI is InChI=1S/C23H40OS/c1-6-13-20(25)15-12-10-8-7-9-11-14-19-17-22(24)21(16-18(19)2)23(3,4)5/h16-17,20,24-25H,6-15H2,1-5H3. The minimum absolute atomic E-state index is 0.00345. The number of thiol groups is 1. The van der Waals surface area contributed by atoms with Gasteiger partial charge in [-0.3, -0.25) is 0 Å². The first-order chi connectivity index (χ1) is 11.8. The number of rotatable bonds is 11. The monoisotopic (exact) mass is 364 g/mol. The Bertz CT molecular complexity index is 502. The van der Waals surface area contributed by atoms with Crippen LogP contribution in [0.3, 0.4) is 0 Å². The van der Waals surface area contributed by atoms with Gasteiger partial charge in [0.1, 0.15) is 5.75 Å². The van der Waals surface area contributed by atoms with Crippen molar-refractivity contribution >= 4 is 12.6 Å². The smallest absolute Gasteiger partial charge is 0.119 e. The molecule has 1 atom stereocenters. The van der Waals surface area contributed by atoms with Crippen LogP contribution in [0.1, 0.15) is 102 Å². The van der Waals surface area contributed by atoms with Crippen LogP contribution < -0.4 is 0 Å². The maximum absolute atomic E-state index is 10.3. The molecule has 1 N–H and O–H groups in total. The molecule has 1 aromatic rings. The van der Waals surface area contributed by atoms with Gasteiger partial charge in [-0.2, -0.15) is 12.6 Å². The van der Waals surface area contributed by atoms with E-state index in [-0.39, 0.29) is 5.41 Å². The molecular formula is C23H40OS. The first kappa shape index (κ1) is 22.4. The molecule has 0 spiro atoms. The molecular weight excluding hydrogens is 324 g/mol. The Kier molecular flexibility index (Phi) is 10.0. The first-order valence-corrected chi connectivity index (χ1v) is 10.8. The van der Waals surface area contributed by atoms with Gasteiger partial charge < -0.3 is 5.11 Å². The highest BCUT2D eigenvalue weighted by Gasteiger charge is 2.19. The molecule has 0 heterocycles. The molecule has 1 nitrogen and oxygen atoms in total. The molecule has 0 bridgehead atoms. The Hall–Kier alpha value is -0.630. The van der Waals surface area contributed by atoms with Crippen LogP contribution in [-0.2, 0) is 11.8 Å². The summed E-state index contributed by atoms with van der Waals surface area (Å²) >= 11 is 4.63. The third-order valence-corrected chi connectivity index (χ3v) is 5.63. The Balaban J connectivity index is 2.25. The number of aryl methyl sites for hydroxylation is 2. The fourth-order valence-electron chi connectivity index (χ4n) is 3.49. The number of hydrogen-bond donors (Lipinski definition) is 2. The number of aromatic hydroxyl groups is 1. The molecule has 0 saturated carbocycles. The molecule has 0 aliphatic carbocycles. The van der Waals surface area contributed by atoms with Gasteiger partial charge in [0.25, 0.3) is 0 Å². The maximum Gasteiger partial charge on any atom is 0.119 e. The molecule has 2 heteroatoms. The zero-order chi connectivity index (χ0) is 18.9. The van der Waals surface area contributed by atoms with Crippen LogP contribution in [0, 0.1) is 6.92 Å². The van der Waals surface area contributed by atoms with Crippen molar-refractivity contribution in [3.8, 4) is 5.75 Å². The lowest BCUT2D eigenvalue weighted by molar-refractivity contribution is 0.445. The molecule has 0 radical (unpaired) electrons. The molecule has 0 saturated heterocycles. The molecule has 1 rings (SSSR count). The van der Waals surface area contributed by atoms with Crippen molar-refractivity contribution in [3.05, 3.63) is 28.8 Å². The highest BCUT2D eigenvalue weighted by atomic mass is 32.1. The molecule has 1 unspecified atom stereocenters. The average Bonchev–Trinajstić information content (AvgIpc) is 2.51. The van der Waals surface area contributed by atoms with E-state index in [4.69, 9.17) is 0 Å². The molecule has 0 aromatic heterocycles. The van der Waals surface area contributed by atoms with Crippen LogP contribution in [0.25, 0.3) is 0 Å². The number of phenols is 1. The highest BCUT2D eigenvalue weighted by molar-refractivity contribution is 7.80. The van der Waals surface area contributed by atoms with Crippen LogP contribution in [0.15, 0.2) is 12.1 Å². The van der Waals surface area contributed by atoms with Crippen molar-refractivity contribution < 1.29 is 5.11 Å². The van der Waals surface area contributed by atoms with Gasteiger partial charge in [0, 0.05) is 5.25 Å². The topological polar surface area (TPSA) is 20.2 Å². The van der Waals surface area contributed by atoms with Gasteiger partial charge in [-0.1, -0.05) is 72.3 Å². The minimum Gasteiger partial charge on any atom is -0.508 e. The van der Waals surface area contributed by atoms with Crippen molar-refractivity contribution in [2.45, 2.75) is 109 Å². The van der Waals surface area contributed by atoms with Crippen molar-refractivity contribution in [3.63, 3.8) is 0 Å². The van der Waals surface area contributed by atoms with Gasteiger partial charge in [0.15, 0.2) is 0 Å². The summed E-state index contributed by atoms with van der Waals surface area (Å²) in [6.45, 7) is 10.9. The maximum atomic E-state index is 10.3. The van der Waals surface area contributed by atoms with E-state index < -0.39 is 0 Å². The predicted octanol–water partition coefficient (Wildman–Crippen LogP) is 7.37. The lowest BCUT2D eigenvalue weighted by Crippen LogP contribution is -2.12. The van der Waals surface area contributed by atoms with Crippen LogP contribution in [-0.4, -0.2) is 10.4 Å². The van der Waals surface area contributed by atoms with E-state index in [1.165, 1.54) is 68.9 Å². The fourth-order valence-corrected chi connectivity index (χ4v) is 3.93. The third kappa shape index (κ3) is 8.53. The summed E-state index contributed by atoms with van der Waals surface area (Å²) in [4.78, 5) is 0. The third-order valence-electron chi connectivity index (χ3n) is 5.12. The molecule has 0 amide bonds. The summed E-state index contributed by atoms with van der Waals surface area (Å²) in [7, 11) is 0. The summed E-state index contributed by atoms with van der Waals surface area (Å²) in [5.41, 5.74) is 3.68. The van der Waals surface area contributed by atoms with Gasteiger partial charge in [-0.05, 0) is 60.8 Å². The number of benzene rings is 1. The SMILES string of the molecule is CCCC(S)CCCCCCCCc1cc(O)c(C(C)(C)C)cc1C. The summed E-state index contributed by atoms with van der Waals surface area (Å²) in [5, 5.41) is 10.9. The van der Waals surface area contributed by atoms with E-state index in [1.807, 2.05) is 6.07 Å². The number of unbranched alkanes of at least 4 members (excludes halogenated alkanes) is 5. The Labute approximate surface area is 162 Å². The van der Waals surface area contributed by atoms with Gasteiger partial charge in [-0.25, -0.2) is 0 Å². The second-order valence-electron chi connectivity index (χ2n) is 8.65. The molecule has 25 heavy (non-hydrogen) atoms. The second kappa shape index (κ2) is 11.2. The van der Waals surface area contributed by atoms with E-state index in [0.717, 1.165) is 12.0 Å². The molecule has 0 aliphatic heterocycles. The molecule has 144 valence electrons. The number of hydrogen-bond acceptors (Lipinski definition) is 2. The van der Waals surface area contributed by atoms with Gasteiger partial charge in [0.2, 0.25) is 0 Å². The largest absolute Gasteiger partial charge is 0.508 e. The fraction of sp³-hybridized carbons (Fsp3) is 0.739. The van der Waals surface area contributed by atoms with E-state index in [0.29, 0.717) is 11.0 Å². The Morgan fingerprint density at radius 1 is 0.960 bits per heavy atom. The average molecular weight is 365 g/mol. The van der Waals surface area contributed by atoms with Crippen LogP contribution in [0.5, 0.6) is 5.75 Å². The highest BCUT2D eigenvalue weighted by Crippen LogP contribution is 2.33. The predicted molar refractivity (Wildman–Crippen MR) is 115 cm³/mol. The summed E-state index contributed by atoms with van der Waals surface area (Å²) in [6, 6.07) is 4.17. The lowest BCUT2D eigenvalue weighted by atomic mass is 9.84. The Morgan fingerprint density at radius 3 is 2.16 bits per heavy atom. The summed E-state index contributed by atoms with van der Waals surface area (Å²) in [5.74, 6) is 0.460. The van der Waals surface area contributed by atoms with Crippen LogP contribution in [0.4, 0.5) is 0 Å². The molecule has 0 fully saturated rings. The second-order valence-corrected chi connectivity index (χ2v) is 9.38. The van der Waals surface area contributed by atoms with Crippen molar-refractivity contribution in [2.24, 2.45) is 0 Å². The summed E-state index contributed by atoms with van der Waals surface area (Å²) < 4.78 is 0. The first-order valence-electron chi connectivity index (χ1n) is 10.3.